The molecule has 2 amide bonds. The standard InChI is InChI=1S/C26H29N5O3/c32-24-22-9-5-4-8-21(22)23(28-29-24)17-20-16-19(10-11-27-20)26(34)31-14-12-30(13-15-31)25(33)18-6-2-1-3-7-18/h4-5,8-11,16,18H,1-3,6-7,12-15,17H2,(H,29,32). The molecule has 1 aliphatic heterocycles. The lowest BCUT2D eigenvalue weighted by Crippen LogP contribution is -2.52. The third-order valence-electron chi connectivity index (χ3n) is 7.02. The second kappa shape index (κ2) is 9.75. The molecule has 176 valence electrons. The molecule has 1 saturated heterocycles. The number of rotatable bonds is 4. The summed E-state index contributed by atoms with van der Waals surface area (Å²) in [6.07, 6.45) is 7.55. The van der Waals surface area contributed by atoms with Crippen molar-refractivity contribution in [2.24, 2.45) is 5.92 Å². The Kier molecular flexibility index (Phi) is 6.38. The van der Waals surface area contributed by atoms with Crippen LogP contribution in [0.3, 0.4) is 0 Å². The zero-order valence-electron chi connectivity index (χ0n) is 19.2. The number of fused-ring (bicyclic) bond motifs is 1. The molecular formula is C26H29N5O3. The van der Waals surface area contributed by atoms with Crippen molar-refractivity contribution in [3.8, 4) is 0 Å². The van der Waals surface area contributed by atoms with Crippen LogP contribution in [0.5, 0.6) is 0 Å². The predicted octanol–water partition coefficient (Wildman–Crippen LogP) is 2.77. The molecule has 1 aromatic carbocycles. The van der Waals surface area contributed by atoms with Crippen LogP contribution in [0, 0.1) is 5.92 Å². The van der Waals surface area contributed by atoms with E-state index in [0.717, 1.165) is 31.1 Å². The van der Waals surface area contributed by atoms with E-state index in [0.29, 0.717) is 54.9 Å². The Morgan fingerprint density at radius 1 is 0.941 bits per heavy atom. The number of carbonyl (C=O) groups is 2. The third-order valence-corrected chi connectivity index (χ3v) is 7.02. The molecule has 0 atom stereocenters. The molecule has 1 N–H and O–H groups in total. The number of H-pyrrole nitrogens is 1. The van der Waals surface area contributed by atoms with Gasteiger partial charge in [-0.3, -0.25) is 19.4 Å². The minimum Gasteiger partial charge on any atom is -0.339 e. The summed E-state index contributed by atoms with van der Waals surface area (Å²) in [4.78, 5) is 46.2. The van der Waals surface area contributed by atoms with Crippen molar-refractivity contribution < 1.29 is 9.59 Å². The van der Waals surface area contributed by atoms with Gasteiger partial charge >= 0.3 is 0 Å². The van der Waals surface area contributed by atoms with Gasteiger partial charge in [0.1, 0.15) is 0 Å². The molecule has 0 radical (unpaired) electrons. The molecule has 3 heterocycles. The number of nitrogens with zero attached hydrogens (tertiary/aromatic N) is 4. The van der Waals surface area contributed by atoms with Gasteiger partial charge in [-0.05, 0) is 31.0 Å². The number of carbonyl (C=O) groups excluding carboxylic acids is 2. The molecule has 0 unspecified atom stereocenters. The summed E-state index contributed by atoms with van der Waals surface area (Å²) >= 11 is 0. The summed E-state index contributed by atoms with van der Waals surface area (Å²) in [5, 5.41) is 8.13. The van der Waals surface area contributed by atoms with E-state index >= 15 is 0 Å². The van der Waals surface area contributed by atoms with Gasteiger partial charge in [0, 0.05) is 61.4 Å². The number of hydrogen-bond donors (Lipinski definition) is 1. The van der Waals surface area contributed by atoms with E-state index in [-0.39, 0.29) is 23.3 Å². The molecule has 5 rings (SSSR count). The fourth-order valence-corrected chi connectivity index (χ4v) is 5.11. The van der Waals surface area contributed by atoms with Gasteiger partial charge in [0.15, 0.2) is 0 Å². The van der Waals surface area contributed by atoms with E-state index in [1.807, 2.05) is 28.0 Å². The SMILES string of the molecule is O=C(c1ccnc(Cc2n[nH]c(=O)c3ccccc23)c1)N1CCN(C(=O)C2CCCCC2)CC1. The lowest BCUT2D eigenvalue weighted by molar-refractivity contribution is -0.138. The largest absolute Gasteiger partial charge is 0.339 e. The quantitative estimate of drug-likeness (QED) is 0.647. The zero-order chi connectivity index (χ0) is 23.5. The molecule has 2 aliphatic rings. The number of piperazine rings is 1. The van der Waals surface area contributed by atoms with E-state index in [9.17, 15) is 14.4 Å². The van der Waals surface area contributed by atoms with Gasteiger partial charge in [-0.1, -0.05) is 37.5 Å². The molecule has 1 saturated carbocycles. The van der Waals surface area contributed by atoms with Crippen molar-refractivity contribution in [1.82, 2.24) is 25.0 Å². The third kappa shape index (κ3) is 4.58. The van der Waals surface area contributed by atoms with Gasteiger partial charge < -0.3 is 9.80 Å². The number of nitrogens with one attached hydrogen (secondary N) is 1. The molecule has 8 nitrogen and oxygen atoms in total. The summed E-state index contributed by atoms with van der Waals surface area (Å²) in [6, 6.07) is 10.9. The number of benzene rings is 1. The van der Waals surface area contributed by atoms with Gasteiger partial charge in [-0.2, -0.15) is 5.10 Å². The summed E-state index contributed by atoms with van der Waals surface area (Å²) < 4.78 is 0. The maximum Gasteiger partial charge on any atom is 0.272 e. The maximum absolute atomic E-state index is 13.2. The number of pyridine rings is 1. The highest BCUT2D eigenvalue weighted by atomic mass is 16.2. The van der Waals surface area contributed by atoms with E-state index in [1.54, 1.807) is 24.4 Å². The van der Waals surface area contributed by atoms with Crippen LogP contribution in [0.1, 0.15) is 53.8 Å². The summed E-state index contributed by atoms with van der Waals surface area (Å²) in [7, 11) is 0. The van der Waals surface area contributed by atoms with Crippen molar-refractivity contribution >= 4 is 22.6 Å². The minimum atomic E-state index is -0.225. The topological polar surface area (TPSA) is 99.3 Å². The van der Waals surface area contributed by atoms with Crippen molar-refractivity contribution in [3.05, 3.63) is 69.9 Å². The monoisotopic (exact) mass is 459 g/mol. The molecule has 3 aromatic rings. The Bertz CT molecular complexity index is 1260. The lowest BCUT2D eigenvalue weighted by Gasteiger charge is -2.37. The smallest absolute Gasteiger partial charge is 0.272 e. The summed E-state index contributed by atoms with van der Waals surface area (Å²) in [5.41, 5.74) is 1.77. The molecule has 1 aliphatic carbocycles. The number of aromatic amines is 1. The van der Waals surface area contributed by atoms with E-state index in [2.05, 4.69) is 15.2 Å². The summed E-state index contributed by atoms with van der Waals surface area (Å²) in [5.74, 6) is 0.377. The molecule has 0 spiro atoms. The van der Waals surface area contributed by atoms with Crippen molar-refractivity contribution in [3.63, 3.8) is 0 Å². The first kappa shape index (κ1) is 22.3. The minimum absolute atomic E-state index is 0.0484. The molecule has 2 aromatic heterocycles. The van der Waals surface area contributed by atoms with Crippen LogP contribution in [0.15, 0.2) is 47.4 Å². The lowest BCUT2D eigenvalue weighted by atomic mass is 9.88. The van der Waals surface area contributed by atoms with Crippen LogP contribution in [0.4, 0.5) is 0 Å². The highest BCUT2D eigenvalue weighted by Gasteiger charge is 2.30. The Balaban J connectivity index is 1.25. The van der Waals surface area contributed by atoms with Crippen LogP contribution < -0.4 is 5.56 Å². The molecule has 34 heavy (non-hydrogen) atoms. The second-order valence-electron chi connectivity index (χ2n) is 9.21. The number of amides is 2. The molecule has 0 bridgehead atoms. The second-order valence-corrected chi connectivity index (χ2v) is 9.21. The average molecular weight is 460 g/mol. The highest BCUT2D eigenvalue weighted by Crippen LogP contribution is 2.26. The maximum atomic E-state index is 13.2. The highest BCUT2D eigenvalue weighted by molar-refractivity contribution is 5.94. The van der Waals surface area contributed by atoms with Gasteiger partial charge in [0.2, 0.25) is 5.91 Å². The van der Waals surface area contributed by atoms with Gasteiger partial charge in [0.25, 0.3) is 11.5 Å². The Hall–Kier alpha value is -3.55. The van der Waals surface area contributed by atoms with E-state index in [4.69, 9.17) is 0 Å². The fourth-order valence-electron chi connectivity index (χ4n) is 5.11. The van der Waals surface area contributed by atoms with E-state index < -0.39 is 0 Å². The van der Waals surface area contributed by atoms with Crippen LogP contribution in [-0.2, 0) is 11.2 Å². The van der Waals surface area contributed by atoms with Gasteiger partial charge in [-0.25, -0.2) is 5.10 Å². The van der Waals surface area contributed by atoms with Crippen LogP contribution in [0.2, 0.25) is 0 Å². The predicted molar refractivity (Wildman–Crippen MR) is 128 cm³/mol. The Labute approximate surface area is 198 Å². The molecule has 8 heteroatoms. The van der Waals surface area contributed by atoms with Gasteiger partial charge in [-0.15, -0.1) is 0 Å². The van der Waals surface area contributed by atoms with E-state index in [1.165, 1.54) is 6.42 Å². The van der Waals surface area contributed by atoms with Gasteiger partial charge in [0.05, 0.1) is 11.1 Å². The number of aromatic nitrogens is 3. The van der Waals surface area contributed by atoms with Crippen molar-refractivity contribution in [1.29, 1.82) is 0 Å². The average Bonchev–Trinajstić information content (AvgIpc) is 2.90. The van der Waals surface area contributed by atoms with Crippen LogP contribution >= 0.6 is 0 Å². The first-order valence-electron chi connectivity index (χ1n) is 12.1. The van der Waals surface area contributed by atoms with Crippen molar-refractivity contribution in [2.75, 3.05) is 26.2 Å². The van der Waals surface area contributed by atoms with Crippen molar-refractivity contribution in [2.45, 2.75) is 38.5 Å². The molecule has 2 fully saturated rings. The first-order chi connectivity index (χ1) is 16.6. The number of hydrogen-bond acceptors (Lipinski definition) is 5. The van der Waals surface area contributed by atoms with Crippen LogP contribution in [-0.4, -0.2) is 63.0 Å². The zero-order valence-corrected chi connectivity index (χ0v) is 19.2. The molecular weight excluding hydrogens is 430 g/mol. The first-order valence-corrected chi connectivity index (χ1v) is 12.1. The summed E-state index contributed by atoms with van der Waals surface area (Å²) in [6.45, 7) is 2.26. The normalized spacial score (nSPS) is 17.2. The van der Waals surface area contributed by atoms with Crippen LogP contribution in [0.25, 0.3) is 10.8 Å². The fraction of sp³-hybridized carbons (Fsp3) is 0.423. The Morgan fingerprint density at radius 3 is 2.41 bits per heavy atom. The Morgan fingerprint density at radius 2 is 1.65 bits per heavy atom.